The fourth-order valence-electron chi connectivity index (χ4n) is 1.36. The minimum atomic E-state index is -0.289. The van der Waals surface area contributed by atoms with Crippen LogP contribution in [0, 0.1) is 12.7 Å². The second-order valence-corrected chi connectivity index (χ2v) is 3.99. The van der Waals surface area contributed by atoms with Gasteiger partial charge in [0, 0.05) is 12.6 Å². The van der Waals surface area contributed by atoms with Crippen LogP contribution in [0.5, 0.6) is 0 Å². The molecule has 1 aromatic carbocycles. The molecular formula is C10H13BrFNO. The topological polar surface area (TPSA) is 46.2 Å². The first kappa shape index (κ1) is 11.6. The largest absolute Gasteiger partial charge is 0.396 e. The van der Waals surface area contributed by atoms with Gasteiger partial charge in [0.15, 0.2) is 0 Å². The molecule has 1 aromatic rings. The van der Waals surface area contributed by atoms with Gasteiger partial charge >= 0.3 is 0 Å². The number of halogens is 2. The summed E-state index contributed by atoms with van der Waals surface area (Å²) in [6.45, 7) is 1.84. The zero-order chi connectivity index (χ0) is 10.7. The van der Waals surface area contributed by atoms with Crippen molar-refractivity contribution in [3.8, 4) is 0 Å². The fraction of sp³-hybridized carbons (Fsp3) is 0.400. The van der Waals surface area contributed by atoms with E-state index in [1.165, 1.54) is 6.07 Å². The van der Waals surface area contributed by atoms with E-state index in [1.54, 1.807) is 13.0 Å². The Kier molecular flexibility index (Phi) is 4.04. The van der Waals surface area contributed by atoms with E-state index in [9.17, 15) is 4.39 Å². The van der Waals surface area contributed by atoms with Crippen LogP contribution in [0.4, 0.5) is 4.39 Å². The third kappa shape index (κ3) is 2.32. The van der Waals surface area contributed by atoms with Crippen molar-refractivity contribution in [2.75, 3.05) is 6.61 Å². The number of benzene rings is 1. The molecule has 14 heavy (non-hydrogen) atoms. The van der Waals surface area contributed by atoms with E-state index in [0.717, 1.165) is 11.1 Å². The molecule has 0 saturated heterocycles. The second-order valence-electron chi connectivity index (χ2n) is 3.19. The number of rotatable bonds is 3. The van der Waals surface area contributed by atoms with Crippen LogP contribution < -0.4 is 5.73 Å². The zero-order valence-corrected chi connectivity index (χ0v) is 9.51. The molecule has 0 aliphatic heterocycles. The predicted octanol–water partition coefficient (Wildman–Crippen LogP) is 2.28. The molecule has 2 nitrogen and oxygen atoms in total. The zero-order valence-electron chi connectivity index (χ0n) is 7.93. The van der Waals surface area contributed by atoms with Gasteiger partial charge in [-0.1, -0.05) is 6.07 Å². The Balaban J connectivity index is 3.04. The van der Waals surface area contributed by atoms with Crippen molar-refractivity contribution < 1.29 is 9.50 Å². The summed E-state index contributed by atoms with van der Waals surface area (Å²) in [7, 11) is 0. The van der Waals surface area contributed by atoms with E-state index in [2.05, 4.69) is 15.9 Å². The standard InChI is InChI=1S/C10H13BrFNO/c1-6-7(9(13)4-5-14)2-3-8(12)10(6)11/h2-3,9,14H,4-5,13H2,1H3. The van der Waals surface area contributed by atoms with Gasteiger partial charge in [0.2, 0.25) is 0 Å². The van der Waals surface area contributed by atoms with Crippen LogP contribution in [-0.4, -0.2) is 11.7 Å². The molecule has 0 saturated carbocycles. The average molecular weight is 262 g/mol. The van der Waals surface area contributed by atoms with Crippen molar-refractivity contribution in [2.45, 2.75) is 19.4 Å². The highest BCUT2D eigenvalue weighted by molar-refractivity contribution is 9.10. The van der Waals surface area contributed by atoms with E-state index in [4.69, 9.17) is 10.8 Å². The highest BCUT2D eigenvalue weighted by Crippen LogP contribution is 2.27. The van der Waals surface area contributed by atoms with Crippen LogP contribution in [0.1, 0.15) is 23.6 Å². The summed E-state index contributed by atoms with van der Waals surface area (Å²) in [5.74, 6) is -0.289. The Labute approximate surface area is 91.1 Å². The van der Waals surface area contributed by atoms with Crippen molar-refractivity contribution in [3.05, 3.63) is 33.5 Å². The fourth-order valence-corrected chi connectivity index (χ4v) is 1.72. The van der Waals surface area contributed by atoms with Gasteiger partial charge in [-0.2, -0.15) is 0 Å². The first-order valence-corrected chi connectivity index (χ1v) is 5.18. The van der Waals surface area contributed by atoms with Crippen LogP contribution in [-0.2, 0) is 0 Å². The van der Waals surface area contributed by atoms with E-state index < -0.39 is 0 Å². The van der Waals surface area contributed by atoms with E-state index >= 15 is 0 Å². The summed E-state index contributed by atoms with van der Waals surface area (Å²) in [6.07, 6.45) is 0.485. The van der Waals surface area contributed by atoms with Gasteiger partial charge in [-0.05, 0) is 46.5 Å². The summed E-state index contributed by atoms with van der Waals surface area (Å²) >= 11 is 3.16. The van der Waals surface area contributed by atoms with Gasteiger partial charge in [0.25, 0.3) is 0 Å². The molecule has 1 atom stereocenters. The normalized spacial score (nSPS) is 12.9. The highest BCUT2D eigenvalue weighted by Gasteiger charge is 2.12. The third-order valence-corrected chi connectivity index (χ3v) is 3.19. The number of hydrogen-bond acceptors (Lipinski definition) is 2. The first-order chi connectivity index (χ1) is 6.57. The molecule has 0 amide bonds. The lowest BCUT2D eigenvalue weighted by molar-refractivity contribution is 0.276. The first-order valence-electron chi connectivity index (χ1n) is 4.39. The number of aliphatic hydroxyl groups is 1. The molecule has 1 rings (SSSR count). The van der Waals surface area contributed by atoms with Crippen LogP contribution in [0.25, 0.3) is 0 Å². The lowest BCUT2D eigenvalue weighted by atomic mass is 10.00. The van der Waals surface area contributed by atoms with Gasteiger partial charge in [-0.3, -0.25) is 0 Å². The van der Waals surface area contributed by atoms with Crippen LogP contribution in [0.3, 0.4) is 0 Å². The Morgan fingerprint density at radius 3 is 2.79 bits per heavy atom. The third-order valence-electron chi connectivity index (χ3n) is 2.22. The van der Waals surface area contributed by atoms with Gasteiger partial charge in [-0.25, -0.2) is 4.39 Å². The molecule has 0 radical (unpaired) electrons. The molecule has 78 valence electrons. The summed E-state index contributed by atoms with van der Waals surface area (Å²) in [5, 5.41) is 8.75. The quantitative estimate of drug-likeness (QED) is 0.877. The number of hydrogen-bond donors (Lipinski definition) is 2. The maximum Gasteiger partial charge on any atom is 0.137 e. The van der Waals surface area contributed by atoms with E-state index in [1.807, 2.05) is 0 Å². The van der Waals surface area contributed by atoms with Gasteiger partial charge in [0.1, 0.15) is 5.82 Å². The van der Waals surface area contributed by atoms with Crippen molar-refractivity contribution in [2.24, 2.45) is 5.73 Å². The molecule has 0 aromatic heterocycles. The van der Waals surface area contributed by atoms with Crippen molar-refractivity contribution in [1.82, 2.24) is 0 Å². The molecular weight excluding hydrogens is 249 g/mol. The van der Waals surface area contributed by atoms with Gasteiger partial charge in [0.05, 0.1) is 4.47 Å². The van der Waals surface area contributed by atoms with Crippen LogP contribution in [0.15, 0.2) is 16.6 Å². The molecule has 0 fully saturated rings. The summed E-state index contributed by atoms with van der Waals surface area (Å²) in [6, 6.07) is 2.80. The van der Waals surface area contributed by atoms with Crippen molar-refractivity contribution in [1.29, 1.82) is 0 Å². The minimum absolute atomic E-state index is 0.0373. The smallest absolute Gasteiger partial charge is 0.137 e. The molecule has 1 unspecified atom stereocenters. The van der Waals surface area contributed by atoms with E-state index in [-0.39, 0.29) is 18.5 Å². The lowest BCUT2D eigenvalue weighted by Gasteiger charge is -2.14. The van der Waals surface area contributed by atoms with Crippen LogP contribution in [0.2, 0.25) is 0 Å². The Morgan fingerprint density at radius 2 is 2.21 bits per heavy atom. The lowest BCUT2D eigenvalue weighted by Crippen LogP contribution is -2.13. The summed E-state index contributed by atoms with van der Waals surface area (Å²) in [4.78, 5) is 0. The predicted molar refractivity (Wildman–Crippen MR) is 57.5 cm³/mol. The van der Waals surface area contributed by atoms with Crippen molar-refractivity contribution in [3.63, 3.8) is 0 Å². The average Bonchev–Trinajstić information content (AvgIpc) is 2.15. The molecule has 0 aliphatic carbocycles. The van der Waals surface area contributed by atoms with E-state index in [0.29, 0.717) is 10.9 Å². The second kappa shape index (κ2) is 4.87. The summed E-state index contributed by atoms with van der Waals surface area (Å²) in [5.41, 5.74) is 7.49. The minimum Gasteiger partial charge on any atom is -0.396 e. The maximum atomic E-state index is 13.1. The van der Waals surface area contributed by atoms with Gasteiger partial charge < -0.3 is 10.8 Å². The SMILES string of the molecule is Cc1c(C(N)CCO)ccc(F)c1Br. The Bertz CT molecular complexity index is 330. The molecule has 0 aliphatic rings. The maximum absolute atomic E-state index is 13.1. The molecule has 3 N–H and O–H groups in total. The molecule has 4 heteroatoms. The monoisotopic (exact) mass is 261 g/mol. The highest BCUT2D eigenvalue weighted by atomic mass is 79.9. The Hall–Kier alpha value is -0.450. The molecule has 0 bridgehead atoms. The number of nitrogens with two attached hydrogens (primary N) is 1. The van der Waals surface area contributed by atoms with Crippen LogP contribution >= 0.6 is 15.9 Å². The van der Waals surface area contributed by atoms with Gasteiger partial charge in [-0.15, -0.1) is 0 Å². The molecule has 0 heterocycles. The van der Waals surface area contributed by atoms with Crippen molar-refractivity contribution >= 4 is 15.9 Å². The Morgan fingerprint density at radius 1 is 1.57 bits per heavy atom. The molecule has 0 spiro atoms. The number of aliphatic hydroxyl groups excluding tert-OH is 1. The summed E-state index contributed by atoms with van der Waals surface area (Å²) < 4.78 is 13.5.